The van der Waals surface area contributed by atoms with Crippen LogP contribution in [0.3, 0.4) is 0 Å². The van der Waals surface area contributed by atoms with Gasteiger partial charge in [0.05, 0.1) is 5.69 Å². The molecule has 1 aromatic carbocycles. The fourth-order valence-corrected chi connectivity index (χ4v) is 4.10. The number of hydrogen-bond donors (Lipinski definition) is 1. The lowest BCUT2D eigenvalue weighted by Crippen LogP contribution is -2.36. The molecular formula is C24H33N3. The van der Waals surface area contributed by atoms with Gasteiger partial charge in [0.15, 0.2) is 0 Å². The standard InChI is InChI=1S/C24H33N3/c1-18-14-15-27-21(16-18)25-20(13-12-19-10-8-7-9-11-19)22(27)26-24(5,6)17-23(2,3)4/h7-11,14-16,26H,12-13,17H2,1-6H3. The monoisotopic (exact) mass is 363 g/mol. The number of aromatic nitrogens is 2. The average molecular weight is 364 g/mol. The van der Waals surface area contributed by atoms with E-state index in [1.54, 1.807) is 0 Å². The second-order valence-corrected chi connectivity index (χ2v) is 9.57. The summed E-state index contributed by atoms with van der Waals surface area (Å²) in [6, 6.07) is 15.0. The van der Waals surface area contributed by atoms with Crippen LogP contribution >= 0.6 is 0 Å². The molecule has 3 nitrogen and oxygen atoms in total. The Kier molecular flexibility index (Phi) is 5.32. The first-order chi connectivity index (χ1) is 12.6. The van der Waals surface area contributed by atoms with Crippen molar-refractivity contribution in [1.29, 1.82) is 0 Å². The Bertz CT molecular complexity index is 899. The largest absolute Gasteiger partial charge is 0.365 e. The molecule has 0 aliphatic heterocycles. The van der Waals surface area contributed by atoms with Crippen LogP contribution < -0.4 is 5.32 Å². The molecular weight excluding hydrogens is 330 g/mol. The number of benzene rings is 1. The minimum absolute atomic E-state index is 0.0133. The van der Waals surface area contributed by atoms with Crippen LogP contribution in [0.2, 0.25) is 0 Å². The van der Waals surface area contributed by atoms with Crippen molar-refractivity contribution in [3.05, 3.63) is 65.5 Å². The van der Waals surface area contributed by atoms with Gasteiger partial charge in [-0.3, -0.25) is 4.40 Å². The Hall–Kier alpha value is -2.29. The van der Waals surface area contributed by atoms with E-state index in [1.807, 2.05) is 0 Å². The summed E-state index contributed by atoms with van der Waals surface area (Å²) >= 11 is 0. The van der Waals surface area contributed by atoms with E-state index >= 15 is 0 Å². The minimum Gasteiger partial charge on any atom is -0.365 e. The van der Waals surface area contributed by atoms with Gasteiger partial charge in [0.1, 0.15) is 11.5 Å². The molecule has 27 heavy (non-hydrogen) atoms. The van der Waals surface area contributed by atoms with Crippen LogP contribution in [0.15, 0.2) is 48.7 Å². The van der Waals surface area contributed by atoms with Crippen LogP contribution in [0.1, 0.15) is 57.9 Å². The zero-order valence-electron chi connectivity index (χ0n) is 17.6. The first-order valence-corrected chi connectivity index (χ1v) is 9.93. The van der Waals surface area contributed by atoms with Gasteiger partial charge in [-0.15, -0.1) is 0 Å². The van der Waals surface area contributed by atoms with Gasteiger partial charge in [-0.2, -0.15) is 0 Å². The summed E-state index contributed by atoms with van der Waals surface area (Å²) in [5, 5.41) is 3.82. The third kappa shape index (κ3) is 5.12. The predicted octanol–water partition coefficient (Wildman–Crippen LogP) is 6.05. The lowest BCUT2D eigenvalue weighted by Gasteiger charge is -2.34. The van der Waals surface area contributed by atoms with Gasteiger partial charge in [-0.05, 0) is 68.7 Å². The summed E-state index contributed by atoms with van der Waals surface area (Å²) in [5.41, 5.74) is 5.00. The predicted molar refractivity (Wildman–Crippen MR) is 116 cm³/mol. The molecule has 3 aromatic rings. The number of aryl methyl sites for hydroxylation is 3. The molecule has 3 rings (SSSR count). The summed E-state index contributed by atoms with van der Waals surface area (Å²) in [6.07, 6.45) is 5.15. The molecule has 0 bridgehead atoms. The van der Waals surface area contributed by atoms with E-state index in [0.717, 1.165) is 36.4 Å². The number of imidazole rings is 1. The van der Waals surface area contributed by atoms with E-state index in [0.29, 0.717) is 0 Å². The van der Waals surface area contributed by atoms with Crippen LogP contribution in [-0.4, -0.2) is 14.9 Å². The molecule has 0 spiro atoms. The van der Waals surface area contributed by atoms with Crippen molar-refractivity contribution in [2.24, 2.45) is 5.41 Å². The first-order valence-electron chi connectivity index (χ1n) is 9.93. The Labute approximate surface area is 163 Å². The van der Waals surface area contributed by atoms with Crippen molar-refractivity contribution in [3.8, 4) is 0 Å². The summed E-state index contributed by atoms with van der Waals surface area (Å²) in [7, 11) is 0. The smallest absolute Gasteiger partial charge is 0.138 e. The molecule has 0 saturated carbocycles. The average Bonchev–Trinajstić information content (AvgIpc) is 2.87. The number of hydrogen-bond acceptors (Lipinski definition) is 2. The van der Waals surface area contributed by atoms with Gasteiger partial charge in [-0.1, -0.05) is 51.1 Å². The van der Waals surface area contributed by atoms with Gasteiger partial charge in [0.2, 0.25) is 0 Å². The molecule has 0 amide bonds. The maximum Gasteiger partial charge on any atom is 0.138 e. The zero-order valence-corrected chi connectivity index (χ0v) is 17.6. The Balaban J connectivity index is 1.93. The third-order valence-corrected chi connectivity index (χ3v) is 4.78. The minimum atomic E-state index is -0.0133. The maximum atomic E-state index is 4.97. The Morgan fingerprint density at radius 1 is 0.963 bits per heavy atom. The SMILES string of the molecule is Cc1ccn2c(NC(C)(C)CC(C)(C)C)c(CCc3ccccc3)nc2c1. The highest BCUT2D eigenvalue weighted by Gasteiger charge is 2.27. The number of pyridine rings is 1. The molecule has 2 aromatic heterocycles. The van der Waals surface area contributed by atoms with Gasteiger partial charge in [0, 0.05) is 11.7 Å². The molecule has 0 aliphatic carbocycles. The first kappa shape index (κ1) is 19.5. The molecule has 3 heteroatoms. The lowest BCUT2D eigenvalue weighted by atomic mass is 9.82. The molecule has 144 valence electrons. The molecule has 0 radical (unpaired) electrons. The highest BCUT2D eigenvalue weighted by Crippen LogP contribution is 2.31. The van der Waals surface area contributed by atoms with E-state index in [2.05, 4.69) is 99.9 Å². The van der Waals surface area contributed by atoms with Crippen molar-refractivity contribution < 1.29 is 0 Å². The normalized spacial score (nSPS) is 12.5. The van der Waals surface area contributed by atoms with E-state index in [1.165, 1.54) is 11.1 Å². The maximum absolute atomic E-state index is 4.97. The zero-order chi connectivity index (χ0) is 19.7. The second kappa shape index (κ2) is 7.38. The lowest BCUT2D eigenvalue weighted by molar-refractivity contribution is 0.302. The van der Waals surface area contributed by atoms with E-state index in [9.17, 15) is 0 Å². The number of fused-ring (bicyclic) bond motifs is 1. The van der Waals surface area contributed by atoms with Crippen LogP contribution in [0, 0.1) is 12.3 Å². The third-order valence-electron chi connectivity index (χ3n) is 4.78. The highest BCUT2D eigenvalue weighted by molar-refractivity contribution is 5.57. The van der Waals surface area contributed by atoms with Crippen molar-refractivity contribution in [2.75, 3.05) is 5.32 Å². The van der Waals surface area contributed by atoms with E-state index in [-0.39, 0.29) is 11.0 Å². The highest BCUT2D eigenvalue weighted by atomic mass is 15.2. The molecule has 0 aliphatic rings. The van der Waals surface area contributed by atoms with Crippen molar-refractivity contribution in [1.82, 2.24) is 9.38 Å². The van der Waals surface area contributed by atoms with Crippen LogP contribution in [0.5, 0.6) is 0 Å². The summed E-state index contributed by atoms with van der Waals surface area (Å²) < 4.78 is 2.21. The Morgan fingerprint density at radius 3 is 2.33 bits per heavy atom. The van der Waals surface area contributed by atoms with E-state index < -0.39 is 0 Å². The number of rotatable bonds is 6. The van der Waals surface area contributed by atoms with Gasteiger partial charge < -0.3 is 5.32 Å². The molecule has 0 unspecified atom stereocenters. The van der Waals surface area contributed by atoms with Crippen LogP contribution in [-0.2, 0) is 12.8 Å². The fourth-order valence-electron chi connectivity index (χ4n) is 4.10. The van der Waals surface area contributed by atoms with Crippen molar-refractivity contribution in [3.63, 3.8) is 0 Å². The molecule has 1 N–H and O–H groups in total. The van der Waals surface area contributed by atoms with Gasteiger partial charge in [0.25, 0.3) is 0 Å². The summed E-state index contributed by atoms with van der Waals surface area (Å²) in [6.45, 7) is 13.6. The topological polar surface area (TPSA) is 29.3 Å². The number of anilines is 1. The summed E-state index contributed by atoms with van der Waals surface area (Å²) in [4.78, 5) is 4.97. The Morgan fingerprint density at radius 2 is 1.67 bits per heavy atom. The second-order valence-electron chi connectivity index (χ2n) is 9.57. The number of nitrogens with zero attached hydrogens (tertiary/aromatic N) is 2. The van der Waals surface area contributed by atoms with E-state index in [4.69, 9.17) is 4.98 Å². The van der Waals surface area contributed by atoms with Gasteiger partial charge >= 0.3 is 0 Å². The molecule has 0 saturated heterocycles. The van der Waals surface area contributed by atoms with Crippen molar-refractivity contribution in [2.45, 2.75) is 66.3 Å². The molecule has 2 heterocycles. The van der Waals surface area contributed by atoms with Gasteiger partial charge in [-0.25, -0.2) is 4.98 Å². The van der Waals surface area contributed by atoms with Crippen molar-refractivity contribution >= 4 is 11.5 Å². The fraction of sp³-hybridized carbons (Fsp3) is 0.458. The quantitative estimate of drug-likeness (QED) is 0.577. The molecule has 0 atom stereocenters. The molecule has 0 fully saturated rings. The van der Waals surface area contributed by atoms with Crippen LogP contribution in [0.4, 0.5) is 5.82 Å². The summed E-state index contributed by atoms with van der Waals surface area (Å²) in [5.74, 6) is 1.13. The number of nitrogens with one attached hydrogen (secondary N) is 1. The van der Waals surface area contributed by atoms with Crippen LogP contribution in [0.25, 0.3) is 5.65 Å².